The van der Waals surface area contributed by atoms with Crippen LogP contribution in [0.4, 0.5) is 5.69 Å². The lowest BCUT2D eigenvalue weighted by atomic mass is 9.83. The number of oxazole rings is 1. The summed E-state index contributed by atoms with van der Waals surface area (Å²) in [7, 11) is 3.00. The van der Waals surface area contributed by atoms with Crippen molar-refractivity contribution in [2.24, 2.45) is 0 Å². The van der Waals surface area contributed by atoms with Gasteiger partial charge in [0.25, 0.3) is 4.84 Å². The minimum atomic E-state index is -1.21. The molecule has 1 aliphatic rings. The summed E-state index contributed by atoms with van der Waals surface area (Å²) in [6.45, 7) is 3.12. The molecule has 0 saturated heterocycles. The highest BCUT2D eigenvalue weighted by Gasteiger charge is 2.56. The SMILES string of the molecule is COC(OC)[C@]1(C)Oc2ccc(N)cc2[C@H](n2c(=S)oc3ccccc32)[C@H]1OC(C)=O. The molecule has 0 fully saturated rings. The highest BCUT2D eigenvalue weighted by Crippen LogP contribution is 2.47. The number of ether oxygens (including phenoxy) is 4. The van der Waals surface area contributed by atoms with E-state index < -0.39 is 30.0 Å². The number of nitrogens with zero attached hydrogens (tertiary/aromatic N) is 1. The molecule has 0 saturated carbocycles. The Bertz CT molecular complexity index is 1180. The monoisotopic (exact) mass is 444 g/mol. The number of aromatic nitrogens is 1. The van der Waals surface area contributed by atoms with Gasteiger partial charge in [-0.1, -0.05) is 12.1 Å². The molecule has 4 rings (SSSR count). The van der Waals surface area contributed by atoms with Crippen LogP contribution >= 0.6 is 12.2 Å². The zero-order valence-electron chi connectivity index (χ0n) is 17.7. The normalized spacial score (nSPS) is 22.9. The Kier molecular flexibility index (Phi) is 5.50. The van der Waals surface area contributed by atoms with Gasteiger partial charge < -0.3 is 29.1 Å². The number of methoxy groups -OCH3 is 2. The topological polar surface area (TPSA) is 98.1 Å². The number of carbonyl (C=O) groups excluding carboxylic acids is 1. The number of rotatable bonds is 5. The van der Waals surface area contributed by atoms with Crippen molar-refractivity contribution in [3.05, 3.63) is 52.9 Å². The van der Waals surface area contributed by atoms with Crippen molar-refractivity contribution >= 4 is 35.0 Å². The third-order valence-electron chi connectivity index (χ3n) is 5.52. The zero-order valence-corrected chi connectivity index (χ0v) is 18.5. The molecule has 1 aliphatic heterocycles. The lowest BCUT2D eigenvalue weighted by molar-refractivity contribution is -0.244. The second kappa shape index (κ2) is 7.99. The first-order chi connectivity index (χ1) is 14.8. The highest BCUT2D eigenvalue weighted by atomic mass is 32.1. The molecule has 0 bridgehead atoms. The molecular formula is C22H24N2O6S. The van der Waals surface area contributed by atoms with Gasteiger partial charge >= 0.3 is 5.97 Å². The van der Waals surface area contributed by atoms with Gasteiger partial charge in [0.1, 0.15) is 11.8 Å². The summed E-state index contributed by atoms with van der Waals surface area (Å²) in [6.07, 6.45) is -1.73. The molecule has 0 unspecified atom stereocenters. The van der Waals surface area contributed by atoms with E-state index in [1.807, 2.05) is 28.8 Å². The lowest BCUT2D eigenvalue weighted by Gasteiger charge is -2.48. The smallest absolute Gasteiger partial charge is 0.303 e. The van der Waals surface area contributed by atoms with E-state index >= 15 is 0 Å². The second-order valence-corrected chi connectivity index (χ2v) is 7.92. The van der Waals surface area contributed by atoms with Crippen molar-refractivity contribution in [2.45, 2.75) is 37.9 Å². The Morgan fingerprint density at radius 3 is 2.61 bits per heavy atom. The predicted octanol–water partition coefficient (Wildman–Crippen LogP) is 3.84. The molecule has 2 N–H and O–H groups in total. The van der Waals surface area contributed by atoms with Crippen LogP contribution in [0.15, 0.2) is 46.9 Å². The van der Waals surface area contributed by atoms with Crippen LogP contribution in [0.25, 0.3) is 11.1 Å². The van der Waals surface area contributed by atoms with Crippen molar-refractivity contribution in [1.29, 1.82) is 0 Å². The van der Waals surface area contributed by atoms with Gasteiger partial charge in [-0.2, -0.15) is 0 Å². The molecule has 31 heavy (non-hydrogen) atoms. The van der Waals surface area contributed by atoms with Gasteiger partial charge in [-0.3, -0.25) is 9.36 Å². The lowest BCUT2D eigenvalue weighted by Crippen LogP contribution is -2.62. The Morgan fingerprint density at radius 2 is 1.94 bits per heavy atom. The summed E-state index contributed by atoms with van der Waals surface area (Å²) in [4.78, 5) is 12.4. The summed E-state index contributed by atoms with van der Waals surface area (Å²) in [5.41, 5.74) is 7.49. The number of hydrogen-bond donors (Lipinski definition) is 1. The minimum Gasteiger partial charge on any atom is -0.478 e. The molecule has 0 spiro atoms. The van der Waals surface area contributed by atoms with E-state index in [2.05, 4.69) is 0 Å². The number of benzene rings is 2. The van der Waals surface area contributed by atoms with Gasteiger partial charge in [0.2, 0.25) is 6.29 Å². The summed E-state index contributed by atoms with van der Waals surface area (Å²) < 4.78 is 31.0. The third kappa shape index (κ3) is 3.48. The Balaban J connectivity index is 2.05. The van der Waals surface area contributed by atoms with Gasteiger partial charge in [0, 0.05) is 32.4 Å². The number of nitrogen functional groups attached to an aromatic ring is 1. The minimum absolute atomic E-state index is 0.229. The summed E-state index contributed by atoms with van der Waals surface area (Å²) in [5.74, 6) is 0.0684. The molecule has 0 amide bonds. The van der Waals surface area contributed by atoms with Gasteiger partial charge in [-0.25, -0.2) is 0 Å². The van der Waals surface area contributed by atoms with Gasteiger partial charge in [0.15, 0.2) is 17.3 Å². The van der Waals surface area contributed by atoms with Crippen LogP contribution in [0.5, 0.6) is 5.75 Å². The fourth-order valence-electron chi connectivity index (χ4n) is 4.29. The van der Waals surface area contributed by atoms with Crippen LogP contribution in [0.2, 0.25) is 0 Å². The fourth-order valence-corrected chi connectivity index (χ4v) is 4.59. The van der Waals surface area contributed by atoms with Crippen molar-refractivity contribution in [3.63, 3.8) is 0 Å². The van der Waals surface area contributed by atoms with Crippen LogP contribution in [0, 0.1) is 4.84 Å². The maximum atomic E-state index is 12.2. The van der Waals surface area contributed by atoms with Crippen LogP contribution in [0.1, 0.15) is 25.5 Å². The Hall–Kier alpha value is -2.88. The highest BCUT2D eigenvalue weighted by molar-refractivity contribution is 7.71. The Morgan fingerprint density at radius 1 is 1.23 bits per heavy atom. The van der Waals surface area contributed by atoms with Gasteiger partial charge in [-0.15, -0.1) is 0 Å². The van der Waals surface area contributed by atoms with Crippen molar-refractivity contribution in [1.82, 2.24) is 4.57 Å². The number of para-hydroxylation sites is 2. The number of nitrogens with two attached hydrogens (primary N) is 1. The summed E-state index contributed by atoms with van der Waals surface area (Å²) in [6, 6.07) is 12.2. The molecule has 0 radical (unpaired) electrons. The van der Waals surface area contributed by atoms with Crippen molar-refractivity contribution in [2.75, 3.05) is 20.0 Å². The predicted molar refractivity (Wildman–Crippen MR) is 116 cm³/mol. The standard InChI is InChI=1S/C22H24N2O6S/c1-12(25)28-19-18(24-15-7-5-6-8-17(15)29-21(24)31)14-11-13(23)9-10-16(14)30-22(19,2)20(26-3)27-4/h5-11,18-20H,23H2,1-4H3/t18-,19+,22+/m0/s1. The molecule has 3 atom stereocenters. The zero-order chi connectivity index (χ0) is 22.3. The van der Waals surface area contributed by atoms with Crippen molar-refractivity contribution in [3.8, 4) is 5.75 Å². The van der Waals surface area contributed by atoms with E-state index in [0.29, 0.717) is 22.6 Å². The van der Waals surface area contributed by atoms with E-state index in [-0.39, 0.29) is 4.84 Å². The number of anilines is 1. The molecule has 9 heteroatoms. The Labute approximate surface area is 184 Å². The molecule has 8 nitrogen and oxygen atoms in total. The first kappa shape index (κ1) is 21.4. The molecule has 1 aromatic heterocycles. The molecule has 0 aliphatic carbocycles. The van der Waals surface area contributed by atoms with E-state index in [0.717, 1.165) is 5.52 Å². The number of fused-ring (bicyclic) bond motifs is 2. The van der Waals surface area contributed by atoms with Crippen LogP contribution in [-0.2, 0) is 19.0 Å². The first-order valence-corrected chi connectivity index (χ1v) is 10.1. The number of carbonyl (C=O) groups is 1. The maximum Gasteiger partial charge on any atom is 0.303 e. The summed E-state index contributed by atoms with van der Waals surface area (Å²) in [5, 5.41) is 0. The molecule has 164 valence electrons. The summed E-state index contributed by atoms with van der Waals surface area (Å²) >= 11 is 5.58. The van der Waals surface area contributed by atoms with Crippen LogP contribution < -0.4 is 10.5 Å². The average molecular weight is 445 g/mol. The molecule has 3 aromatic rings. The van der Waals surface area contributed by atoms with E-state index in [4.69, 9.17) is 41.3 Å². The van der Waals surface area contributed by atoms with Crippen LogP contribution in [-0.4, -0.2) is 42.8 Å². The first-order valence-electron chi connectivity index (χ1n) is 9.71. The van der Waals surface area contributed by atoms with Gasteiger partial charge in [0.05, 0.1) is 5.52 Å². The quantitative estimate of drug-likeness (QED) is 0.274. The maximum absolute atomic E-state index is 12.2. The van der Waals surface area contributed by atoms with E-state index in [1.54, 1.807) is 25.1 Å². The largest absolute Gasteiger partial charge is 0.478 e. The van der Waals surface area contributed by atoms with E-state index in [9.17, 15) is 4.79 Å². The van der Waals surface area contributed by atoms with Crippen molar-refractivity contribution < 1.29 is 28.2 Å². The average Bonchev–Trinajstić information content (AvgIpc) is 3.05. The molecule has 2 aromatic carbocycles. The van der Waals surface area contributed by atoms with Gasteiger partial charge in [-0.05, 0) is 49.5 Å². The number of hydrogen-bond acceptors (Lipinski definition) is 8. The molecule has 2 heterocycles. The molecular weight excluding hydrogens is 420 g/mol. The van der Waals surface area contributed by atoms with Crippen LogP contribution in [0.3, 0.4) is 0 Å². The van der Waals surface area contributed by atoms with E-state index in [1.165, 1.54) is 21.1 Å². The fraction of sp³-hybridized carbons (Fsp3) is 0.364. The second-order valence-electron chi connectivity index (χ2n) is 7.57. The third-order valence-corrected chi connectivity index (χ3v) is 5.80. The number of esters is 1.